The van der Waals surface area contributed by atoms with Crippen LogP contribution >= 0.6 is 0 Å². The lowest BCUT2D eigenvalue weighted by Crippen LogP contribution is -2.06. The molecule has 4 heterocycles. The standard InChI is InChI=1S/C31H29N7O/c1-5-28-36-29-20(3)13-21(4)35-31(29)38(28)17-22-6-8-23(9-7-22)27-14-24(39-25-12-19(2)15-32-16-25)10-11-26(27)30-33-18-34-37-30/h6-16H,5,17-18H2,1-4H3. The van der Waals surface area contributed by atoms with Gasteiger partial charge < -0.3 is 9.30 Å². The van der Waals surface area contributed by atoms with Crippen molar-refractivity contribution in [3.63, 3.8) is 0 Å². The van der Waals surface area contributed by atoms with E-state index in [0.717, 1.165) is 62.7 Å². The summed E-state index contributed by atoms with van der Waals surface area (Å²) < 4.78 is 8.37. The van der Waals surface area contributed by atoms with Gasteiger partial charge in [-0.2, -0.15) is 5.11 Å². The lowest BCUT2D eigenvalue weighted by Gasteiger charge is -2.13. The van der Waals surface area contributed by atoms with Crippen molar-refractivity contribution in [1.82, 2.24) is 19.5 Å². The van der Waals surface area contributed by atoms with E-state index in [4.69, 9.17) is 14.7 Å². The largest absolute Gasteiger partial charge is 0.456 e. The van der Waals surface area contributed by atoms with Crippen molar-refractivity contribution in [3.8, 4) is 22.6 Å². The summed E-state index contributed by atoms with van der Waals surface area (Å²) in [6.45, 7) is 9.31. The number of amidine groups is 1. The molecule has 0 amide bonds. The molecule has 0 fully saturated rings. The number of aromatic nitrogens is 4. The van der Waals surface area contributed by atoms with Crippen molar-refractivity contribution >= 4 is 17.0 Å². The lowest BCUT2D eigenvalue weighted by molar-refractivity contribution is 0.480. The fourth-order valence-electron chi connectivity index (χ4n) is 4.96. The first-order valence-corrected chi connectivity index (χ1v) is 13.1. The number of hydrogen-bond acceptors (Lipinski definition) is 7. The highest BCUT2D eigenvalue weighted by Gasteiger charge is 2.17. The molecule has 0 saturated heterocycles. The molecule has 0 N–H and O–H groups in total. The topological polar surface area (TPSA) is 89.9 Å². The van der Waals surface area contributed by atoms with E-state index in [0.29, 0.717) is 24.8 Å². The predicted octanol–water partition coefficient (Wildman–Crippen LogP) is 6.99. The highest BCUT2D eigenvalue weighted by atomic mass is 16.5. The Labute approximate surface area is 227 Å². The van der Waals surface area contributed by atoms with Gasteiger partial charge in [-0.1, -0.05) is 31.2 Å². The van der Waals surface area contributed by atoms with E-state index in [9.17, 15) is 0 Å². The van der Waals surface area contributed by atoms with E-state index in [-0.39, 0.29) is 0 Å². The van der Waals surface area contributed by atoms with Gasteiger partial charge in [0.05, 0.1) is 12.7 Å². The van der Waals surface area contributed by atoms with Gasteiger partial charge >= 0.3 is 0 Å². The maximum atomic E-state index is 6.14. The van der Waals surface area contributed by atoms with Gasteiger partial charge in [-0.15, -0.1) is 5.11 Å². The number of benzene rings is 2. The van der Waals surface area contributed by atoms with Gasteiger partial charge in [0, 0.05) is 23.9 Å². The fourth-order valence-corrected chi connectivity index (χ4v) is 4.96. The molecule has 6 rings (SSSR count). The van der Waals surface area contributed by atoms with Crippen molar-refractivity contribution in [2.45, 2.75) is 40.7 Å². The number of ether oxygens (including phenoxy) is 1. The summed E-state index contributed by atoms with van der Waals surface area (Å²) in [4.78, 5) is 18.4. The van der Waals surface area contributed by atoms with Crippen LogP contribution in [0.3, 0.4) is 0 Å². The van der Waals surface area contributed by atoms with Crippen LogP contribution in [0.15, 0.2) is 82.2 Å². The minimum absolute atomic E-state index is 0.354. The SMILES string of the molecule is CCc1nc2c(C)cc(C)nc2n1Cc1ccc(-c2cc(Oc3cncc(C)c3)ccc2C2=NCN=N2)cc1. The molecule has 0 saturated carbocycles. The highest BCUT2D eigenvalue weighted by Crippen LogP contribution is 2.32. The third kappa shape index (κ3) is 4.93. The summed E-state index contributed by atoms with van der Waals surface area (Å²) >= 11 is 0. The smallest absolute Gasteiger partial charge is 0.179 e. The maximum Gasteiger partial charge on any atom is 0.179 e. The molecule has 2 aromatic carbocycles. The molecule has 39 heavy (non-hydrogen) atoms. The molecule has 1 aliphatic heterocycles. The molecule has 194 valence electrons. The summed E-state index contributed by atoms with van der Waals surface area (Å²) in [6, 6.07) is 18.6. The number of azo groups is 1. The molecule has 0 spiro atoms. The minimum Gasteiger partial charge on any atom is -0.456 e. The van der Waals surface area contributed by atoms with E-state index in [1.807, 2.05) is 38.1 Å². The Morgan fingerprint density at radius 1 is 0.872 bits per heavy atom. The monoisotopic (exact) mass is 515 g/mol. The normalized spacial score (nSPS) is 12.8. The zero-order chi connectivity index (χ0) is 26.9. The quantitative estimate of drug-likeness (QED) is 0.234. The summed E-state index contributed by atoms with van der Waals surface area (Å²) in [5.41, 5.74) is 9.23. The number of aliphatic imine (C=N–C) groups is 1. The second kappa shape index (κ2) is 10.2. The van der Waals surface area contributed by atoms with Crippen LogP contribution < -0.4 is 4.74 Å². The molecule has 0 bridgehead atoms. The van der Waals surface area contributed by atoms with Crippen LogP contribution in [0.4, 0.5) is 0 Å². The van der Waals surface area contributed by atoms with Crippen LogP contribution in [0.25, 0.3) is 22.3 Å². The molecule has 8 heteroatoms. The van der Waals surface area contributed by atoms with Gasteiger partial charge in [0.2, 0.25) is 0 Å². The van der Waals surface area contributed by atoms with Crippen LogP contribution in [-0.2, 0) is 13.0 Å². The van der Waals surface area contributed by atoms with Crippen molar-refractivity contribution in [3.05, 3.63) is 101 Å². The lowest BCUT2D eigenvalue weighted by atomic mass is 9.97. The zero-order valence-electron chi connectivity index (χ0n) is 22.5. The van der Waals surface area contributed by atoms with E-state index >= 15 is 0 Å². The summed E-state index contributed by atoms with van der Waals surface area (Å²) in [5, 5.41) is 8.31. The molecule has 0 aliphatic carbocycles. The first-order valence-electron chi connectivity index (χ1n) is 13.1. The van der Waals surface area contributed by atoms with Crippen LogP contribution in [-0.4, -0.2) is 32.0 Å². The summed E-state index contributed by atoms with van der Waals surface area (Å²) in [5.74, 6) is 3.08. The highest BCUT2D eigenvalue weighted by molar-refractivity contribution is 6.05. The average Bonchev–Trinajstić information content (AvgIpc) is 3.58. The van der Waals surface area contributed by atoms with Crippen molar-refractivity contribution in [2.75, 3.05) is 6.67 Å². The van der Waals surface area contributed by atoms with E-state index in [2.05, 4.69) is 69.0 Å². The Kier molecular flexibility index (Phi) is 6.44. The average molecular weight is 516 g/mol. The van der Waals surface area contributed by atoms with Crippen molar-refractivity contribution in [1.29, 1.82) is 0 Å². The Bertz CT molecular complexity index is 1750. The number of pyridine rings is 2. The van der Waals surface area contributed by atoms with Gasteiger partial charge in [-0.3, -0.25) is 4.98 Å². The van der Waals surface area contributed by atoms with Gasteiger partial charge in [0.25, 0.3) is 0 Å². The first-order chi connectivity index (χ1) is 19.0. The van der Waals surface area contributed by atoms with E-state index in [1.54, 1.807) is 12.4 Å². The van der Waals surface area contributed by atoms with Gasteiger partial charge in [0.15, 0.2) is 18.2 Å². The van der Waals surface area contributed by atoms with Crippen LogP contribution in [0, 0.1) is 20.8 Å². The summed E-state index contributed by atoms with van der Waals surface area (Å²) in [6.07, 6.45) is 4.36. The van der Waals surface area contributed by atoms with Gasteiger partial charge in [-0.25, -0.2) is 15.0 Å². The molecule has 8 nitrogen and oxygen atoms in total. The molecule has 0 atom stereocenters. The van der Waals surface area contributed by atoms with Crippen LogP contribution in [0.2, 0.25) is 0 Å². The Morgan fingerprint density at radius 3 is 2.46 bits per heavy atom. The first kappa shape index (κ1) is 24.6. The molecule has 5 aromatic rings. The second-order valence-corrected chi connectivity index (χ2v) is 9.79. The van der Waals surface area contributed by atoms with Crippen LogP contribution in [0.5, 0.6) is 11.5 Å². The number of nitrogens with zero attached hydrogens (tertiary/aromatic N) is 7. The van der Waals surface area contributed by atoms with Gasteiger partial charge in [0.1, 0.15) is 22.8 Å². The minimum atomic E-state index is 0.354. The molecule has 0 radical (unpaired) electrons. The van der Waals surface area contributed by atoms with Gasteiger partial charge in [-0.05, 0) is 78.9 Å². The Balaban J connectivity index is 1.35. The molecular formula is C31H29N7O. The second-order valence-electron chi connectivity index (χ2n) is 9.79. The zero-order valence-corrected chi connectivity index (χ0v) is 22.5. The third-order valence-corrected chi connectivity index (χ3v) is 6.79. The predicted molar refractivity (Wildman–Crippen MR) is 153 cm³/mol. The number of imidazole rings is 1. The van der Waals surface area contributed by atoms with E-state index < -0.39 is 0 Å². The third-order valence-electron chi connectivity index (χ3n) is 6.79. The summed E-state index contributed by atoms with van der Waals surface area (Å²) in [7, 11) is 0. The molecule has 1 aliphatic rings. The van der Waals surface area contributed by atoms with Crippen molar-refractivity contribution < 1.29 is 4.74 Å². The van der Waals surface area contributed by atoms with Crippen molar-refractivity contribution in [2.24, 2.45) is 15.2 Å². The number of rotatable bonds is 7. The molecular weight excluding hydrogens is 486 g/mol. The fraction of sp³-hybridized carbons (Fsp3) is 0.226. The molecule has 3 aromatic heterocycles. The Hall–Kier alpha value is -4.72. The number of hydrogen-bond donors (Lipinski definition) is 0. The number of fused-ring (bicyclic) bond motifs is 1. The van der Waals surface area contributed by atoms with E-state index in [1.165, 1.54) is 5.56 Å². The molecule has 0 unspecified atom stereocenters. The maximum absolute atomic E-state index is 6.14. The number of aryl methyl sites for hydroxylation is 4. The Morgan fingerprint density at radius 2 is 1.72 bits per heavy atom. The van der Waals surface area contributed by atoms with Crippen LogP contribution in [0.1, 0.15) is 40.7 Å².